The molecular formula is C22H26ClFN4O2. The van der Waals surface area contributed by atoms with Gasteiger partial charge in [-0.15, -0.1) is 10.2 Å². The van der Waals surface area contributed by atoms with Gasteiger partial charge in [-0.25, -0.2) is 9.18 Å². The second-order valence-electron chi connectivity index (χ2n) is 9.15. The van der Waals surface area contributed by atoms with Gasteiger partial charge >= 0.3 is 6.09 Å². The third-order valence-corrected chi connectivity index (χ3v) is 5.95. The molecule has 3 atom stereocenters. The lowest BCUT2D eigenvalue weighted by molar-refractivity contribution is 0.0280. The summed E-state index contributed by atoms with van der Waals surface area (Å²) in [5, 5.41) is 12.3. The van der Waals surface area contributed by atoms with E-state index in [1.54, 1.807) is 6.07 Å². The van der Waals surface area contributed by atoms with Crippen LogP contribution >= 0.6 is 11.6 Å². The van der Waals surface area contributed by atoms with Crippen molar-refractivity contribution >= 4 is 23.5 Å². The molecule has 6 nitrogen and oxygen atoms in total. The Morgan fingerprint density at radius 1 is 1.17 bits per heavy atom. The topological polar surface area (TPSA) is 67.3 Å². The van der Waals surface area contributed by atoms with Gasteiger partial charge in [0, 0.05) is 24.7 Å². The molecule has 0 spiro atoms. The van der Waals surface area contributed by atoms with Gasteiger partial charge in [0.05, 0.1) is 10.7 Å². The first kappa shape index (κ1) is 20.8. The molecular weight excluding hydrogens is 407 g/mol. The van der Waals surface area contributed by atoms with Crippen LogP contribution in [0.1, 0.15) is 33.6 Å². The maximum absolute atomic E-state index is 13.5. The molecule has 0 radical (unpaired) electrons. The van der Waals surface area contributed by atoms with Crippen molar-refractivity contribution in [3.8, 4) is 11.3 Å². The molecule has 2 aromatic rings. The Morgan fingerprint density at radius 2 is 1.87 bits per heavy atom. The average Bonchev–Trinajstić information content (AvgIpc) is 3.22. The van der Waals surface area contributed by atoms with Crippen LogP contribution in [0.5, 0.6) is 0 Å². The highest BCUT2D eigenvalue weighted by atomic mass is 35.5. The summed E-state index contributed by atoms with van der Waals surface area (Å²) >= 11 is 6.14. The van der Waals surface area contributed by atoms with Crippen molar-refractivity contribution in [1.82, 2.24) is 15.1 Å². The maximum Gasteiger partial charge on any atom is 0.410 e. The molecule has 1 saturated heterocycles. The van der Waals surface area contributed by atoms with E-state index in [2.05, 4.69) is 15.5 Å². The van der Waals surface area contributed by atoms with Crippen molar-refractivity contribution in [2.75, 3.05) is 18.4 Å². The Balaban J connectivity index is 1.33. The maximum atomic E-state index is 13.5. The third-order valence-electron chi connectivity index (χ3n) is 5.62. The molecule has 2 heterocycles. The minimum atomic E-state index is -0.473. The van der Waals surface area contributed by atoms with Crippen molar-refractivity contribution in [2.45, 2.75) is 45.3 Å². The van der Waals surface area contributed by atoms with Gasteiger partial charge in [0.2, 0.25) is 0 Å². The molecule has 1 N–H and O–H groups in total. The molecule has 30 heavy (non-hydrogen) atoms. The molecule has 1 aromatic carbocycles. The molecule has 1 unspecified atom stereocenters. The molecule has 1 amide bonds. The highest BCUT2D eigenvalue weighted by molar-refractivity contribution is 6.33. The largest absolute Gasteiger partial charge is 0.444 e. The van der Waals surface area contributed by atoms with Crippen LogP contribution < -0.4 is 5.32 Å². The van der Waals surface area contributed by atoms with Gasteiger partial charge in [0.15, 0.2) is 0 Å². The summed E-state index contributed by atoms with van der Waals surface area (Å²) in [5.74, 6) is 1.25. The Kier molecular flexibility index (Phi) is 5.57. The number of likely N-dealkylation sites (tertiary alicyclic amines) is 1. The fourth-order valence-corrected chi connectivity index (χ4v) is 4.56. The van der Waals surface area contributed by atoms with Gasteiger partial charge in [0.25, 0.3) is 0 Å². The predicted molar refractivity (Wildman–Crippen MR) is 114 cm³/mol. The fraction of sp³-hybridized carbons (Fsp3) is 0.500. The van der Waals surface area contributed by atoms with Crippen LogP contribution in [0, 0.1) is 17.7 Å². The number of halogens is 2. The predicted octanol–water partition coefficient (Wildman–Crippen LogP) is 4.99. The lowest BCUT2D eigenvalue weighted by Crippen LogP contribution is -2.36. The summed E-state index contributed by atoms with van der Waals surface area (Å²) in [4.78, 5) is 14.1. The first-order chi connectivity index (χ1) is 14.2. The van der Waals surface area contributed by atoms with Gasteiger partial charge in [-0.3, -0.25) is 0 Å². The van der Waals surface area contributed by atoms with Crippen molar-refractivity contribution in [3.05, 3.63) is 41.2 Å². The number of fused-ring (bicyclic) bond motifs is 1. The lowest BCUT2D eigenvalue weighted by atomic mass is 10.0. The Hall–Kier alpha value is -2.41. The number of amides is 1. The normalized spacial score (nSPS) is 23.4. The monoisotopic (exact) mass is 432 g/mol. The van der Waals surface area contributed by atoms with Crippen LogP contribution in [0.3, 0.4) is 0 Å². The second kappa shape index (κ2) is 8.02. The van der Waals surface area contributed by atoms with Crippen molar-refractivity contribution in [3.63, 3.8) is 0 Å². The zero-order chi connectivity index (χ0) is 21.5. The molecule has 8 heteroatoms. The highest BCUT2D eigenvalue weighted by Gasteiger charge is 2.43. The van der Waals surface area contributed by atoms with Gasteiger partial charge in [-0.1, -0.05) is 11.6 Å². The molecule has 1 aliphatic heterocycles. The van der Waals surface area contributed by atoms with E-state index in [0.717, 1.165) is 25.9 Å². The quantitative estimate of drug-likeness (QED) is 0.739. The molecule has 4 rings (SSSR count). The molecule has 1 aliphatic carbocycles. The molecule has 0 bridgehead atoms. The number of carbonyl (C=O) groups excluding carboxylic acids is 1. The number of carbonyl (C=O) groups is 1. The van der Waals surface area contributed by atoms with E-state index in [0.29, 0.717) is 40.0 Å². The number of rotatable bonds is 3. The van der Waals surface area contributed by atoms with Gasteiger partial charge in [-0.05, 0) is 75.8 Å². The average molecular weight is 433 g/mol. The second-order valence-corrected chi connectivity index (χ2v) is 9.55. The van der Waals surface area contributed by atoms with Gasteiger partial charge < -0.3 is 15.0 Å². The van der Waals surface area contributed by atoms with E-state index in [9.17, 15) is 9.18 Å². The molecule has 1 saturated carbocycles. The SMILES string of the molecule is CC(C)(C)OC(=O)N1C[C@H]2CC(Nc3ccc(-c4cc(F)ccc4Cl)nn3)C[C@H]2C1. The zero-order valence-corrected chi connectivity index (χ0v) is 18.1. The van der Waals surface area contributed by atoms with Crippen molar-refractivity contribution < 1.29 is 13.9 Å². The summed E-state index contributed by atoms with van der Waals surface area (Å²) in [6, 6.07) is 8.10. The van der Waals surface area contributed by atoms with Crippen LogP contribution in [0.25, 0.3) is 11.3 Å². The number of benzene rings is 1. The fourth-order valence-electron chi connectivity index (χ4n) is 4.35. The lowest BCUT2D eigenvalue weighted by Gasteiger charge is -2.25. The molecule has 2 aliphatic rings. The van der Waals surface area contributed by atoms with Crippen molar-refractivity contribution in [1.29, 1.82) is 0 Å². The molecule has 1 aromatic heterocycles. The van der Waals surface area contributed by atoms with E-state index >= 15 is 0 Å². The number of ether oxygens (including phenoxy) is 1. The summed E-state index contributed by atoms with van der Waals surface area (Å²) in [6.45, 7) is 7.13. The summed E-state index contributed by atoms with van der Waals surface area (Å²) < 4.78 is 19.0. The Bertz CT molecular complexity index is 918. The summed E-state index contributed by atoms with van der Waals surface area (Å²) in [7, 11) is 0. The summed E-state index contributed by atoms with van der Waals surface area (Å²) in [5.41, 5.74) is 0.578. The number of anilines is 1. The van der Waals surface area contributed by atoms with E-state index in [4.69, 9.17) is 16.3 Å². The smallest absolute Gasteiger partial charge is 0.410 e. The van der Waals surface area contributed by atoms with Gasteiger partial charge in [-0.2, -0.15) is 0 Å². The molecule has 160 valence electrons. The number of nitrogens with one attached hydrogen (secondary N) is 1. The minimum absolute atomic E-state index is 0.223. The van der Waals surface area contributed by atoms with Crippen molar-refractivity contribution in [2.24, 2.45) is 11.8 Å². The summed E-state index contributed by atoms with van der Waals surface area (Å²) in [6.07, 6.45) is 1.73. The third kappa shape index (κ3) is 4.67. The first-order valence-electron chi connectivity index (χ1n) is 10.2. The van der Waals surface area contributed by atoms with Crippen LogP contribution in [0.15, 0.2) is 30.3 Å². The highest BCUT2D eigenvalue weighted by Crippen LogP contribution is 2.39. The van der Waals surface area contributed by atoms with E-state index in [-0.39, 0.29) is 11.9 Å². The van der Waals surface area contributed by atoms with Crippen LogP contribution in [-0.2, 0) is 4.74 Å². The van der Waals surface area contributed by atoms with Crippen LogP contribution in [-0.4, -0.2) is 45.9 Å². The Labute approximate surface area is 180 Å². The number of nitrogens with zero attached hydrogens (tertiary/aromatic N) is 3. The van der Waals surface area contributed by atoms with E-state index in [1.165, 1.54) is 18.2 Å². The number of aromatic nitrogens is 2. The minimum Gasteiger partial charge on any atom is -0.444 e. The first-order valence-corrected chi connectivity index (χ1v) is 10.6. The number of hydrogen-bond donors (Lipinski definition) is 1. The molecule has 2 fully saturated rings. The zero-order valence-electron chi connectivity index (χ0n) is 17.4. The Morgan fingerprint density at radius 3 is 2.47 bits per heavy atom. The number of hydrogen-bond acceptors (Lipinski definition) is 5. The standard InChI is InChI=1S/C22H26ClFN4O2/c1-22(2,3)30-21(29)28-11-13-8-16(9-14(13)12-28)25-20-7-6-19(26-27-20)17-10-15(24)4-5-18(17)23/h4-7,10,13-14,16H,8-9,11-12H2,1-3H3,(H,25,27)/t13-,14+,16?. The van der Waals surface area contributed by atoms with Gasteiger partial charge in [0.1, 0.15) is 17.2 Å². The van der Waals surface area contributed by atoms with E-state index < -0.39 is 5.60 Å². The van der Waals surface area contributed by atoms with Crippen LogP contribution in [0.2, 0.25) is 5.02 Å². The van der Waals surface area contributed by atoms with E-state index in [1.807, 2.05) is 31.7 Å². The van der Waals surface area contributed by atoms with Crippen LogP contribution in [0.4, 0.5) is 15.0 Å².